The van der Waals surface area contributed by atoms with Crippen LogP contribution in [0.4, 0.5) is 4.39 Å². The molecule has 0 spiro atoms. The van der Waals surface area contributed by atoms with Gasteiger partial charge in [0.15, 0.2) is 0 Å². The topological polar surface area (TPSA) is 0 Å². The van der Waals surface area contributed by atoms with E-state index < -0.39 is 0 Å². The fraction of sp³-hybridized carbons (Fsp3) is 0.714. The Hall–Kier alpha value is 0.254. The summed E-state index contributed by atoms with van der Waals surface area (Å²) in [7, 11) is 0. The Morgan fingerprint density at radius 1 is 0.913 bits per heavy atom. The second-order valence-electron chi connectivity index (χ2n) is 7.89. The van der Waals surface area contributed by atoms with Crippen LogP contribution in [0.25, 0.3) is 0 Å². The monoisotopic (exact) mass is 390 g/mol. The van der Waals surface area contributed by atoms with Crippen molar-refractivity contribution in [3.05, 3.63) is 35.6 Å². The van der Waals surface area contributed by atoms with Crippen LogP contribution in [0.1, 0.15) is 82.6 Å². The maximum Gasteiger partial charge on any atom is 3.00 e. The van der Waals surface area contributed by atoms with Crippen molar-refractivity contribution in [1.82, 2.24) is 0 Å². The van der Waals surface area contributed by atoms with E-state index in [1.54, 1.807) is 6.07 Å². The zero-order valence-corrected chi connectivity index (χ0v) is 17.4. The minimum atomic E-state index is -0.237. The quantitative estimate of drug-likeness (QED) is 0.515. The van der Waals surface area contributed by atoms with Gasteiger partial charge in [0.1, 0.15) is 0 Å². The molecular formula is C21H30FY+2. The summed E-state index contributed by atoms with van der Waals surface area (Å²) in [6.07, 6.45) is 14.1. The van der Waals surface area contributed by atoms with Gasteiger partial charge in [0.2, 0.25) is 0 Å². The predicted molar refractivity (Wildman–Crippen MR) is 90.3 cm³/mol. The Bertz CT molecular complexity index is 439. The molecule has 0 radical (unpaired) electrons. The Kier molecular flexibility index (Phi) is 8.22. The third kappa shape index (κ3) is 5.92. The first-order chi connectivity index (χ1) is 10.7. The number of benzene rings is 1. The number of hydrogen-bond acceptors (Lipinski definition) is 0. The summed E-state index contributed by atoms with van der Waals surface area (Å²) >= 11 is 0. The van der Waals surface area contributed by atoms with Gasteiger partial charge < -0.3 is 0 Å². The van der Waals surface area contributed by atoms with Crippen LogP contribution in [0.2, 0.25) is 0 Å². The third-order valence-electron chi connectivity index (χ3n) is 6.24. The summed E-state index contributed by atoms with van der Waals surface area (Å²) in [6, 6.07) is 8.10. The first-order valence-electron chi connectivity index (χ1n) is 9.38. The Labute approximate surface area is 166 Å². The molecule has 3 rings (SSSR count). The van der Waals surface area contributed by atoms with Gasteiger partial charge in [-0.25, -0.2) is 4.39 Å². The SMILES string of the molecule is CC1CCC(CCC2CCC(c3c[c-]c(F)cc3)CC2)CC1.[Y+3]. The Balaban J connectivity index is 0.00000192. The second-order valence-corrected chi connectivity index (χ2v) is 7.89. The maximum atomic E-state index is 13.0. The van der Waals surface area contributed by atoms with Gasteiger partial charge in [-0.3, -0.25) is 0 Å². The van der Waals surface area contributed by atoms with Crippen molar-refractivity contribution in [3.63, 3.8) is 0 Å². The zero-order chi connectivity index (χ0) is 15.4. The number of halogens is 1. The molecule has 2 heteroatoms. The van der Waals surface area contributed by atoms with E-state index in [2.05, 4.69) is 13.0 Å². The molecule has 0 N–H and O–H groups in total. The first kappa shape index (κ1) is 19.6. The fourth-order valence-electron chi connectivity index (χ4n) is 4.55. The molecule has 2 aliphatic rings. The molecule has 2 saturated carbocycles. The van der Waals surface area contributed by atoms with Crippen LogP contribution in [0.15, 0.2) is 18.2 Å². The van der Waals surface area contributed by atoms with Crippen molar-refractivity contribution in [2.24, 2.45) is 17.8 Å². The van der Waals surface area contributed by atoms with Crippen molar-refractivity contribution in [2.45, 2.75) is 77.0 Å². The van der Waals surface area contributed by atoms with E-state index in [0.29, 0.717) is 5.92 Å². The van der Waals surface area contributed by atoms with Crippen LogP contribution in [0.3, 0.4) is 0 Å². The molecule has 0 heterocycles. The van der Waals surface area contributed by atoms with E-state index in [1.807, 2.05) is 12.1 Å². The van der Waals surface area contributed by atoms with Crippen LogP contribution >= 0.6 is 0 Å². The molecule has 0 saturated heterocycles. The molecule has 0 bridgehead atoms. The molecule has 0 amide bonds. The molecule has 23 heavy (non-hydrogen) atoms. The molecule has 0 aliphatic heterocycles. The van der Waals surface area contributed by atoms with Gasteiger partial charge in [0, 0.05) is 5.82 Å². The minimum absolute atomic E-state index is 0. The van der Waals surface area contributed by atoms with E-state index in [4.69, 9.17) is 0 Å². The third-order valence-corrected chi connectivity index (χ3v) is 6.24. The normalized spacial score (nSPS) is 31.4. The maximum absolute atomic E-state index is 13.0. The van der Waals surface area contributed by atoms with E-state index >= 15 is 0 Å². The molecular weight excluding hydrogens is 360 g/mol. The van der Waals surface area contributed by atoms with E-state index in [9.17, 15) is 4.39 Å². The number of rotatable bonds is 4. The Morgan fingerprint density at radius 2 is 1.48 bits per heavy atom. The second kappa shape index (κ2) is 9.66. The molecule has 1 aromatic rings. The van der Waals surface area contributed by atoms with Crippen LogP contribution in [-0.2, 0) is 32.7 Å². The molecule has 122 valence electrons. The van der Waals surface area contributed by atoms with Gasteiger partial charge in [0.25, 0.3) is 0 Å². The first-order valence-corrected chi connectivity index (χ1v) is 9.38. The van der Waals surface area contributed by atoms with Crippen molar-refractivity contribution >= 4 is 0 Å². The largest absolute Gasteiger partial charge is 3.00 e. The fourth-order valence-corrected chi connectivity index (χ4v) is 4.55. The van der Waals surface area contributed by atoms with Gasteiger partial charge in [-0.2, -0.15) is 17.7 Å². The van der Waals surface area contributed by atoms with Crippen molar-refractivity contribution in [3.8, 4) is 0 Å². The van der Waals surface area contributed by atoms with E-state index in [0.717, 1.165) is 17.8 Å². The predicted octanol–water partition coefficient (Wildman–Crippen LogP) is 6.50. The minimum Gasteiger partial charge on any atom is -0.236 e. The summed E-state index contributed by atoms with van der Waals surface area (Å²) in [5, 5.41) is 0. The van der Waals surface area contributed by atoms with Crippen molar-refractivity contribution in [2.75, 3.05) is 0 Å². The van der Waals surface area contributed by atoms with Gasteiger partial charge in [-0.15, -0.1) is 12.1 Å². The average molecular weight is 390 g/mol. The average Bonchev–Trinajstić information content (AvgIpc) is 2.56. The Morgan fingerprint density at radius 3 is 2.00 bits per heavy atom. The molecule has 0 atom stereocenters. The van der Waals surface area contributed by atoms with E-state index in [-0.39, 0.29) is 38.5 Å². The summed E-state index contributed by atoms with van der Waals surface area (Å²) in [4.78, 5) is 0. The molecule has 0 aromatic heterocycles. The number of hydrogen-bond donors (Lipinski definition) is 0. The van der Waals surface area contributed by atoms with Crippen molar-refractivity contribution < 1.29 is 37.1 Å². The molecule has 2 fully saturated rings. The van der Waals surface area contributed by atoms with Gasteiger partial charge in [-0.05, 0) is 17.8 Å². The van der Waals surface area contributed by atoms with Crippen LogP contribution < -0.4 is 0 Å². The molecule has 2 aliphatic carbocycles. The zero-order valence-electron chi connectivity index (χ0n) is 14.6. The molecule has 1 aromatic carbocycles. The van der Waals surface area contributed by atoms with E-state index in [1.165, 1.54) is 69.8 Å². The molecule has 0 unspecified atom stereocenters. The standard InChI is InChI=1S/C21H30F.Y/c1-16-2-4-17(5-3-16)6-7-18-8-10-19(11-9-18)20-12-14-21(22)15-13-20;/h12-14,16-19H,2-11H2,1H3;/q-1;+3. The smallest absolute Gasteiger partial charge is 0.236 e. The summed E-state index contributed by atoms with van der Waals surface area (Å²) in [5.74, 6) is 3.34. The van der Waals surface area contributed by atoms with Crippen LogP contribution in [0, 0.1) is 29.6 Å². The van der Waals surface area contributed by atoms with Crippen LogP contribution in [-0.4, -0.2) is 0 Å². The van der Waals surface area contributed by atoms with Gasteiger partial charge >= 0.3 is 32.7 Å². The van der Waals surface area contributed by atoms with Gasteiger partial charge in [-0.1, -0.05) is 77.0 Å². The van der Waals surface area contributed by atoms with Crippen molar-refractivity contribution in [1.29, 1.82) is 0 Å². The molecule has 0 nitrogen and oxygen atoms in total. The summed E-state index contributed by atoms with van der Waals surface area (Å²) in [6.45, 7) is 2.41. The van der Waals surface area contributed by atoms with Gasteiger partial charge in [0.05, 0.1) is 0 Å². The summed E-state index contributed by atoms with van der Waals surface area (Å²) in [5.41, 5.74) is 1.29. The summed E-state index contributed by atoms with van der Waals surface area (Å²) < 4.78 is 13.0. The van der Waals surface area contributed by atoms with Crippen LogP contribution in [0.5, 0.6) is 0 Å².